The molecule has 0 aliphatic carbocycles. The summed E-state index contributed by atoms with van der Waals surface area (Å²) in [4.78, 5) is 0. The number of rotatable bonds is 3. The summed E-state index contributed by atoms with van der Waals surface area (Å²) in [5.41, 5.74) is 5.36. The first-order valence-electron chi connectivity index (χ1n) is 2.95. The zero-order valence-corrected chi connectivity index (χ0v) is 7.07. The van der Waals surface area contributed by atoms with Crippen molar-refractivity contribution in [3.05, 3.63) is 0 Å². The lowest BCUT2D eigenvalue weighted by Gasteiger charge is -2.15. The van der Waals surface area contributed by atoms with Gasteiger partial charge in [0.2, 0.25) is 0 Å². The molecule has 3 heteroatoms. The topological polar surface area (TPSA) is 35.2 Å². The van der Waals surface area contributed by atoms with E-state index in [1.165, 1.54) is 0 Å². The van der Waals surface area contributed by atoms with Crippen LogP contribution in [0.4, 0.5) is 0 Å². The van der Waals surface area contributed by atoms with Crippen molar-refractivity contribution in [2.75, 3.05) is 13.7 Å². The Morgan fingerprint density at radius 3 is 1.89 bits per heavy atom. The molecule has 2 N–H and O–H groups in total. The predicted octanol–water partition coefficient (Wildman–Crippen LogP) is 1.04. The zero-order valence-electron chi connectivity index (χ0n) is 6.26. The van der Waals surface area contributed by atoms with Crippen molar-refractivity contribution >= 4 is 12.4 Å². The van der Waals surface area contributed by atoms with Crippen molar-refractivity contribution in [2.24, 2.45) is 11.7 Å². The molecule has 0 fully saturated rings. The minimum Gasteiger partial charge on any atom is -0.380 e. The quantitative estimate of drug-likeness (QED) is 0.658. The summed E-state index contributed by atoms with van der Waals surface area (Å²) in [5.74, 6) is 0.532. The van der Waals surface area contributed by atoms with Gasteiger partial charge in [-0.15, -0.1) is 12.4 Å². The number of hydrogen-bond acceptors (Lipinski definition) is 2. The molecule has 0 aliphatic rings. The van der Waals surface area contributed by atoms with E-state index in [0.717, 1.165) is 0 Å². The molecule has 0 rings (SSSR count). The second-order valence-electron chi connectivity index (χ2n) is 2.25. The maximum atomic E-state index is 5.36. The fourth-order valence-corrected chi connectivity index (χ4v) is 0.641. The van der Waals surface area contributed by atoms with Gasteiger partial charge in [-0.25, -0.2) is 0 Å². The van der Waals surface area contributed by atoms with Gasteiger partial charge in [0.1, 0.15) is 0 Å². The van der Waals surface area contributed by atoms with Crippen LogP contribution >= 0.6 is 12.4 Å². The smallest absolute Gasteiger partial charge is 0.0716 e. The molecular formula is C6H16ClNO. The van der Waals surface area contributed by atoms with E-state index < -0.39 is 0 Å². The Kier molecular flexibility index (Phi) is 8.40. The van der Waals surface area contributed by atoms with Gasteiger partial charge in [0.25, 0.3) is 0 Å². The Labute approximate surface area is 63.2 Å². The van der Waals surface area contributed by atoms with Gasteiger partial charge >= 0.3 is 0 Å². The van der Waals surface area contributed by atoms with Crippen LogP contribution in [0.3, 0.4) is 0 Å². The molecule has 0 aromatic carbocycles. The molecule has 0 aromatic heterocycles. The van der Waals surface area contributed by atoms with E-state index in [-0.39, 0.29) is 18.5 Å². The number of halogens is 1. The molecule has 0 radical (unpaired) electrons. The van der Waals surface area contributed by atoms with E-state index in [4.69, 9.17) is 10.5 Å². The van der Waals surface area contributed by atoms with Crippen molar-refractivity contribution in [3.63, 3.8) is 0 Å². The van der Waals surface area contributed by atoms with Gasteiger partial charge in [-0.1, -0.05) is 13.8 Å². The molecule has 0 aliphatic heterocycles. The molecule has 0 aromatic rings. The Morgan fingerprint density at radius 2 is 1.89 bits per heavy atom. The van der Waals surface area contributed by atoms with Crippen LogP contribution in [0.2, 0.25) is 0 Å². The van der Waals surface area contributed by atoms with Crippen LogP contribution in [0.1, 0.15) is 13.8 Å². The second-order valence-corrected chi connectivity index (χ2v) is 2.25. The van der Waals surface area contributed by atoms with Crippen LogP contribution in [0.5, 0.6) is 0 Å². The molecule has 9 heavy (non-hydrogen) atoms. The predicted molar refractivity (Wildman–Crippen MR) is 41.9 cm³/mol. The van der Waals surface area contributed by atoms with E-state index in [1.54, 1.807) is 7.11 Å². The number of hydrogen-bond donors (Lipinski definition) is 1. The summed E-state index contributed by atoms with van der Waals surface area (Å²) in [6.07, 6.45) is 0.231. The summed E-state index contributed by atoms with van der Waals surface area (Å²) in [6, 6.07) is 0. The number of nitrogens with two attached hydrogens (primary N) is 1. The van der Waals surface area contributed by atoms with Crippen molar-refractivity contribution in [1.29, 1.82) is 0 Å². The Morgan fingerprint density at radius 1 is 1.44 bits per heavy atom. The van der Waals surface area contributed by atoms with Gasteiger partial charge in [-0.05, 0) is 5.92 Å². The highest BCUT2D eigenvalue weighted by Crippen LogP contribution is 2.01. The largest absolute Gasteiger partial charge is 0.380 e. The molecule has 0 saturated heterocycles. The normalized spacial score (nSPS) is 13.0. The SMILES string of the molecule is COC(CN)C(C)C.Cl. The summed E-state index contributed by atoms with van der Waals surface area (Å²) in [5, 5.41) is 0. The monoisotopic (exact) mass is 153 g/mol. The third-order valence-electron chi connectivity index (χ3n) is 1.28. The maximum absolute atomic E-state index is 5.36. The highest BCUT2D eigenvalue weighted by atomic mass is 35.5. The van der Waals surface area contributed by atoms with Gasteiger partial charge in [0.05, 0.1) is 6.10 Å². The highest BCUT2D eigenvalue weighted by molar-refractivity contribution is 5.85. The first-order valence-corrected chi connectivity index (χ1v) is 2.95. The summed E-state index contributed by atoms with van der Waals surface area (Å²) in [7, 11) is 1.69. The van der Waals surface area contributed by atoms with Gasteiger partial charge in [-0.2, -0.15) is 0 Å². The maximum Gasteiger partial charge on any atom is 0.0716 e. The average molecular weight is 154 g/mol. The number of methoxy groups -OCH3 is 1. The Bertz CT molecular complexity index is 55.0. The van der Waals surface area contributed by atoms with Gasteiger partial charge in [0, 0.05) is 13.7 Å². The third kappa shape index (κ3) is 4.70. The van der Waals surface area contributed by atoms with Crippen LogP contribution in [-0.4, -0.2) is 19.8 Å². The minimum absolute atomic E-state index is 0. The first-order chi connectivity index (χ1) is 3.72. The van der Waals surface area contributed by atoms with Crippen LogP contribution in [0.25, 0.3) is 0 Å². The van der Waals surface area contributed by atoms with Crippen molar-refractivity contribution in [3.8, 4) is 0 Å². The third-order valence-corrected chi connectivity index (χ3v) is 1.28. The molecule has 2 nitrogen and oxygen atoms in total. The van der Waals surface area contributed by atoms with E-state index in [0.29, 0.717) is 12.5 Å². The van der Waals surface area contributed by atoms with Crippen LogP contribution < -0.4 is 5.73 Å². The van der Waals surface area contributed by atoms with Crippen LogP contribution in [0.15, 0.2) is 0 Å². The fraction of sp³-hybridized carbons (Fsp3) is 1.00. The Hall–Kier alpha value is 0.210. The summed E-state index contributed by atoms with van der Waals surface area (Å²) < 4.78 is 5.04. The van der Waals surface area contributed by atoms with Gasteiger partial charge < -0.3 is 10.5 Å². The highest BCUT2D eigenvalue weighted by Gasteiger charge is 2.07. The molecule has 0 saturated carbocycles. The van der Waals surface area contributed by atoms with Crippen molar-refractivity contribution in [1.82, 2.24) is 0 Å². The van der Waals surface area contributed by atoms with Crippen LogP contribution in [0, 0.1) is 5.92 Å². The van der Waals surface area contributed by atoms with E-state index in [2.05, 4.69) is 13.8 Å². The molecule has 0 amide bonds. The molecule has 0 bridgehead atoms. The Balaban J connectivity index is 0. The lowest BCUT2D eigenvalue weighted by molar-refractivity contribution is 0.0721. The molecule has 1 unspecified atom stereocenters. The van der Waals surface area contributed by atoms with E-state index in [1.807, 2.05) is 0 Å². The minimum atomic E-state index is 0. The van der Waals surface area contributed by atoms with Crippen molar-refractivity contribution in [2.45, 2.75) is 20.0 Å². The fourth-order valence-electron chi connectivity index (χ4n) is 0.641. The first kappa shape index (κ1) is 11.9. The molecule has 1 atom stereocenters. The standard InChI is InChI=1S/C6H15NO.ClH/c1-5(2)6(4-7)8-3;/h5-6H,4,7H2,1-3H3;1H. The van der Waals surface area contributed by atoms with Crippen LogP contribution in [-0.2, 0) is 4.74 Å². The lowest BCUT2D eigenvalue weighted by atomic mass is 10.1. The molecular weight excluding hydrogens is 138 g/mol. The number of ether oxygens (including phenoxy) is 1. The molecule has 0 heterocycles. The van der Waals surface area contributed by atoms with Gasteiger partial charge in [-0.3, -0.25) is 0 Å². The second kappa shape index (κ2) is 6.33. The lowest BCUT2D eigenvalue weighted by Crippen LogP contribution is -2.27. The van der Waals surface area contributed by atoms with Crippen molar-refractivity contribution < 1.29 is 4.74 Å². The zero-order chi connectivity index (χ0) is 6.57. The molecule has 0 spiro atoms. The van der Waals surface area contributed by atoms with E-state index >= 15 is 0 Å². The van der Waals surface area contributed by atoms with E-state index in [9.17, 15) is 0 Å². The summed E-state index contributed by atoms with van der Waals surface area (Å²) >= 11 is 0. The average Bonchev–Trinajstić information content (AvgIpc) is 1.69. The summed E-state index contributed by atoms with van der Waals surface area (Å²) in [6.45, 7) is 4.82. The van der Waals surface area contributed by atoms with Gasteiger partial charge in [0.15, 0.2) is 0 Å². The molecule has 58 valence electrons.